The minimum atomic E-state index is -0.489. The molecule has 0 saturated carbocycles. The van der Waals surface area contributed by atoms with Crippen molar-refractivity contribution in [2.45, 2.75) is 24.7 Å². The fourth-order valence-electron chi connectivity index (χ4n) is 9.43. The lowest BCUT2D eigenvalue weighted by atomic mass is 9.55. The van der Waals surface area contributed by atoms with E-state index in [1.165, 1.54) is 44.5 Å². The number of rotatable bonds is 3. The maximum atomic E-state index is 6.84. The highest BCUT2D eigenvalue weighted by molar-refractivity contribution is 6.13. The van der Waals surface area contributed by atoms with Crippen LogP contribution in [0.1, 0.15) is 47.2 Å². The highest BCUT2D eigenvalue weighted by Crippen LogP contribution is 2.62. The number of nitrogens with zero attached hydrogens (tertiary/aromatic N) is 2. The summed E-state index contributed by atoms with van der Waals surface area (Å²) in [5, 5.41) is 2.15. The van der Waals surface area contributed by atoms with Gasteiger partial charge in [-0.3, -0.25) is 0 Å². The van der Waals surface area contributed by atoms with Gasteiger partial charge in [0.25, 0.3) is 0 Å². The zero-order valence-electron chi connectivity index (χ0n) is 29.5. The lowest BCUT2D eigenvalue weighted by molar-refractivity contribution is 0.562. The van der Waals surface area contributed by atoms with Crippen LogP contribution in [0.5, 0.6) is 0 Å². The third kappa shape index (κ3) is 4.11. The van der Waals surface area contributed by atoms with Crippen LogP contribution in [0.3, 0.4) is 0 Å². The normalized spacial score (nSPS) is 14.5. The van der Waals surface area contributed by atoms with Gasteiger partial charge in [-0.05, 0) is 68.8 Å². The Bertz CT molecular complexity index is 2820. The van der Waals surface area contributed by atoms with Crippen LogP contribution in [0.25, 0.3) is 67.0 Å². The molecule has 3 nitrogen and oxygen atoms in total. The maximum absolute atomic E-state index is 6.84. The van der Waals surface area contributed by atoms with Gasteiger partial charge < -0.3 is 4.42 Å². The number of aromatic nitrogens is 2. The van der Waals surface area contributed by atoms with Gasteiger partial charge in [0, 0.05) is 32.9 Å². The second-order valence-electron chi connectivity index (χ2n) is 14.9. The molecule has 0 aliphatic heterocycles. The molecule has 2 aliphatic carbocycles. The largest absolute Gasteiger partial charge is 0.456 e. The molecule has 3 heteroatoms. The van der Waals surface area contributed by atoms with Gasteiger partial charge in [-0.25, -0.2) is 9.97 Å². The zero-order chi connectivity index (χ0) is 35.3. The van der Waals surface area contributed by atoms with Gasteiger partial charge in [0.15, 0.2) is 5.82 Å². The average molecular weight is 679 g/mol. The average Bonchev–Trinajstić information content (AvgIpc) is 3.74. The lowest BCUT2D eigenvalue weighted by Crippen LogP contribution is -2.40. The van der Waals surface area contributed by atoms with Crippen molar-refractivity contribution in [1.82, 2.24) is 9.97 Å². The van der Waals surface area contributed by atoms with Crippen molar-refractivity contribution in [2.75, 3.05) is 0 Å². The molecule has 0 bridgehead atoms. The predicted octanol–water partition coefficient (Wildman–Crippen LogP) is 12.4. The van der Waals surface area contributed by atoms with E-state index < -0.39 is 5.41 Å². The fraction of sp³-hybridized carbons (Fsp3) is 0.0800. The minimum Gasteiger partial charge on any atom is -0.456 e. The van der Waals surface area contributed by atoms with Crippen LogP contribution in [0, 0.1) is 0 Å². The molecule has 0 amide bonds. The van der Waals surface area contributed by atoms with Gasteiger partial charge in [0.1, 0.15) is 11.2 Å². The molecule has 2 heterocycles. The van der Waals surface area contributed by atoms with E-state index in [1.807, 2.05) is 24.3 Å². The van der Waals surface area contributed by atoms with Crippen LogP contribution in [0.2, 0.25) is 0 Å². The van der Waals surface area contributed by atoms with Crippen molar-refractivity contribution >= 4 is 21.9 Å². The first-order valence-electron chi connectivity index (χ1n) is 18.3. The van der Waals surface area contributed by atoms with E-state index in [0.717, 1.165) is 50.0 Å². The zero-order valence-corrected chi connectivity index (χ0v) is 29.5. The smallest absolute Gasteiger partial charge is 0.160 e. The number of hydrogen-bond donors (Lipinski definition) is 0. The second-order valence-corrected chi connectivity index (χ2v) is 14.9. The van der Waals surface area contributed by atoms with E-state index in [0.29, 0.717) is 5.82 Å². The van der Waals surface area contributed by atoms with E-state index in [4.69, 9.17) is 14.4 Å². The van der Waals surface area contributed by atoms with E-state index in [-0.39, 0.29) is 5.41 Å². The molecule has 0 saturated heterocycles. The summed E-state index contributed by atoms with van der Waals surface area (Å²) >= 11 is 0. The summed E-state index contributed by atoms with van der Waals surface area (Å²) < 4.78 is 6.84. The number of fused-ring (bicyclic) bond motifs is 12. The Morgan fingerprint density at radius 1 is 0.415 bits per heavy atom. The summed E-state index contributed by atoms with van der Waals surface area (Å²) in [6, 6.07) is 61.0. The monoisotopic (exact) mass is 678 g/mol. The summed E-state index contributed by atoms with van der Waals surface area (Å²) in [6.07, 6.45) is 0. The summed E-state index contributed by atoms with van der Waals surface area (Å²) in [7, 11) is 0. The number of furan rings is 1. The lowest BCUT2D eigenvalue weighted by Gasteiger charge is -2.46. The molecule has 0 unspecified atom stereocenters. The third-order valence-electron chi connectivity index (χ3n) is 11.8. The molecule has 9 aromatic rings. The summed E-state index contributed by atoms with van der Waals surface area (Å²) in [5.41, 5.74) is 16.3. The maximum Gasteiger partial charge on any atom is 0.160 e. The molecule has 0 N–H and O–H groups in total. The van der Waals surface area contributed by atoms with Crippen molar-refractivity contribution in [3.63, 3.8) is 0 Å². The minimum absolute atomic E-state index is 0.262. The van der Waals surface area contributed by atoms with Gasteiger partial charge in [-0.1, -0.05) is 159 Å². The van der Waals surface area contributed by atoms with Gasteiger partial charge in [-0.15, -0.1) is 0 Å². The van der Waals surface area contributed by atoms with Crippen LogP contribution >= 0.6 is 0 Å². The topological polar surface area (TPSA) is 38.9 Å². The van der Waals surface area contributed by atoms with Crippen molar-refractivity contribution in [1.29, 1.82) is 0 Å². The van der Waals surface area contributed by atoms with Crippen LogP contribution in [-0.4, -0.2) is 9.97 Å². The summed E-state index contributed by atoms with van der Waals surface area (Å²) in [5.74, 6) is 0.695. The van der Waals surface area contributed by atoms with Crippen molar-refractivity contribution in [2.24, 2.45) is 0 Å². The van der Waals surface area contributed by atoms with Crippen molar-refractivity contribution in [3.8, 4) is 45.0 Å². The summed E-state index contributed by atoms with van der Waals surface area (Å²) in [4.78, 5) is 10.3. The van der Waals surface area contributed by atoms with Gasteiger partial charge in [0.05, 0.1) is 16.8 Å². The van der Waals surface area contributed by atoms with E-state index in [2.05, 4.69) is 159 Å². The molecule has 11 rings (SSSR count). The standard InChI is InChI=1S/C50H34N2O/c1-49(2)39-25-13-14-26-40(39)50(37-23-11-9-20-33(37)34-21-10-12-24-38(34)50)42-28-36-46(29-41(42)49)53-45-27-15-22-35(47(36)45)44-30-43(31-16-5-3-6-17-31)51-48(52-44)32-18-7-4-8-19-32/h3-30H,1-2H3. The third-order valence-corrected chi connectivity index (χ3v) is 11.8. The molecule has 0 radical (unpaired) electrons. The van der Waals surface area contributed by atoms with Crippen LogP contribution < -0.4 is 0 Å². The molecular weight excluding hydrogens is 645 g/mol. The molecule has 53 heavy (non-hydrogen) atoms. The molecule has 0 fully saturated rings. The van der Waals surface area contributed by atoms with Gasteiger partial charge in [-0.2, -0.15) is 0 Å². The second kappa shape index (κ2) is 11.0. The van der Waals surface area contributed by atoms with E-state index in [9.17, 15) is 0 Å². The fourth-order valence-corrected chi connectivity index (χ4v) is 9.43. The molecule has 250 valence electrons. The quantitative estimate of drug-likeness (QED) is 0.187. The Balaban J connectivity index is 1.24. The Kier molecular flexibility index (Phi) is 6.22. The molecule has 7 aromatic carbocycles. The first-order chi connectivity index (χ1) is 26.0. The van der Waals surface area contributed by atoms with Crippen LogP contribution in [0.4, 0.5) is 0 Å². The molecular formula is C50H34N2O. The highest BCUT2D eigenvalue weighted by atomic mass is 16.3. The first-order valence-corrected chi connectivity index (χ1v) is 18.3. The number of hydrogen-bond acceptors (Lipinski definition) is 3. The first kappa shape index (κ1) is 30.1. The Morgan fingerprint density at radius 2 is 0.981 bits per heavy atom. The van der Waals surface area contributed by atoms with Crippen LogP contribution in [-0.2, 0) is 10.8 Å². The van der Waals surface area contributed by atoms with E-state index in [1.54, 1.807) is 0 Å². The number of benzene rings is 7. The molecule has 2 aromatic heterocycles. The Hall–Kier alpha value is -6.58. The van der Waals surface area contributed by atoms with Crippen molar-refractivity contribution in [3.05, 3.63) is 203 Å². The molecule has 1 spiro atoms. The van der Waals surface area contributed by atoms with Gasteiger partial charge in [0.2, 0.25) is 0 Å². The molecule has 0 atom stereocenters. The predicted molar refractivity (Wildman–Crippen MR) is 215 cm³/mol. The highest BCUT2D eigenvalue weighted by Gasteiger charge is 2.53. The van der Waals surface area contributed by atoms with Crippen molar-refractivity contribution < 1.29 is 4.42 Å². The Labute approximate surface area is 308 Å². The molecule has 2 aliphatic rings. The SMILES string of the molecule is CC1(C)c2ccccc2C2(c3ccccc3-c3ccccc32)c2cc3c(cc21)oc1cccc(-c2cc(-c4ccccc4)nc(-c4ccccc4)n2)c13. The Morgan fingerprint density at radius 3 is 1.68 bits per heavy atom. The van der Waals surface area contributed by atoms with Gasteiger partial charge >= 0.3 is 0 Å². The summed E-state index contributed by atoms with van der Waals surface area (Å²) in [6.45, 7) is 4.72. The van der Waals surface area contributed by atoms with E-state index >= 15 is 0 Å². The van der Waals surface area contributed by atoms with Crippen LogP contribution in [0.15, 0.2) is 174 Å².